The summed E-state index contributed by atoms with van der Waals surface area (Å²) in [5.74, 6) is -0.303. The number of methoxy groups -OCH3 is 1. The van der Waals surface area contributed by atoms with Crippen molar-refractivity contribution in [2.75, 3.05) is 27.3 Å². The first-order valence-corrected chi connectivity index (χ1v) is 5.57. The number of ether oxygens (including phenoxy) is 2. The number of hydrogen-bond donors (Lipinski definition) is 0. The standard InChI is InChI=1S/C12H17NO5/c1-4-17-11(14)8-13(2)7-10-9(5-6-18-10)12(15)16-3/h5-6H,4,7-8H2,1-3H3. The van der Waals surface area contributed by atoms with Crippen molar-refractivity contribution in [1.82, 2.24) is 4.90 Å². The maximum Gasteiger partial charge on any atom is 0.341 e. The van der Waals surface area contributed by atoms with E-state index in [-0.39, 0.29) is 12.5 Å². The molecule has 0 fully saturated rings. The van der Waals surface area contributed by atoms with E-state index >= 15 is 0 Å². The van der Waals surface area contributed by atoms with Gasteiger partial charge in [-0.15, -0.1) is 0 Å². The molecular formula is C12H17NO5. The summed E-state index contributed by atoms with van der Waals surface area (Å²) in [7, 11) is 3.04. The van der Waals surface area contributed by atoms with Gasteiger partial charge in [0.15, 0.2) is 0 Å². The van der Waals surface area contributed by atoms with Crippen LogP contribution in [0.5, 0.6) is 0 Å². The number of esters is 2. The van der Waals surface area contributed by atoms with Crippen molar-refractivity contribution >= 4 is 11.9 Å². The fraction of sp³-hybridized carbons (Fsp3) is 0.500. The maximum absolute atomic E-state index is 11.4. The van der Waals surface area contributed by atoms with E-state index in [1.54, 1.807) is 24.9 Å². The van der Waals surface area contributed by atoms with Gasteiger partial charge in [0.25, 0.3) is 0 Å². The summed E-state index contributed by atoms with van der Waals surface area (Å²) in [6.07, 6.45) is 1.42. The highest BCUT2D eigenvalue weighted by Gasteiger charge is 2.17. The molecule has 0 bridgehead atoms. The quantitative estimate of drug-likeness (QED) is 0.708. The number of likely N-dealkylation sites (N-methyl/N-ethyl adjacent to an activating group) is 1. The molecule has 1 rings (SSSR count). The van der Waals surface area contributed by atoms with Crippen molar-refractivity contribution < 1.29 is 23.5 Å². The monoisotopic (exact) mass is 255 g/mol. The smallest absolute Gasteiger partial charge is 0.341 e. The van der Waals surface area contributed by atoms with E-state index in [2.05, 4.69) is 4.74 Å². The van der Waals surface area contributed by atoms with Gasteiger partial charge >= 0.3 is 11.9 Å². The molecule has 6 nitrogen and oxygen atoms in total. The summed E-state index contributed by atoms with van der Waals surface area (Å²) in [4.78, 5) is 24.4. The SMILES string of the molecule is CCOC(=O)CN(C)Cc1occc1C(=O)OC. The van der Waals surface area contributed by atoms with Crippen LogP contribution < -0.4 is 0 Å². The first-order valence-electron chi connectivity index (χ1n) is 5.57. The van der Waals surface area contributed by atoms with Crippen LogP contribution in [0.3, 0.4) is 0 Å². The van der Waals surface area contributed by atoms with Gasteiger partial charge in [-0.3, -0.25) is 9.69 Å². The van der Waals surface area contributed by atoms with Crippen molar-refractivity contribution in [2.45, 2.75) is 13.5 Å². The average molecular weight is 255 g/mol. The lowest BCUT2D eigenvalue weighted by Gasteiger charge is -2.14. The van der Waals surface area contributed by atoms with E-state index in [1.807, 2.05) is 0 Å². The number of hydrogen-bond acceptors (Lipinski definition) is 6. The summed E-state index contributed by atoms with van der Waals surface area (Å²) in [5.41, 5.74) is 0.369. The third-order valence-electron chi connectivity index (χ3n) is 2.27. The van der Waals surface area contributed by atoms with Crippen molar-refractivity contribution in [3.05, 3.63) is 23.7 Å². The van der Waals surface area contributed by atoms with Gasteiger partial charge in [-0.05, 0) is 20.0 Å². The Labute approximate surface area is 105 Å². The lowest BCUT2D eigenvalue weighted by molar-refractivity contribution is -0.144. The van der Waals surface area contributed by atoms with E-state index in [0.29, 0.717) is 24.5 Å². The van der Waals surface area contributed by atoms with Gasteiger partial charge in [0, 0.05) is 0 Å². The van der Waals surface area contributed by atoms with Gasteiger partial charge in [-0.25, -0.2) is 4.79 Å². The van der Waals surface area contributed by atoms with Crippen molar-refractivity contribution in [3.8, 4) is 0 Å². The van der Waals surface area contributed by atoms with E-state index in [4.69, 9.17) is 9.15 Å². The minimum atomic E-state index is -0.455. The Morgan fingerprint density at radius 2 is 2.17 bits per heavy atom. The molecule has 1 aromatic rings. The Kier molecular flexibility index (Phi) is 5.38. The number of furan rings is 1. The molecule has 0 atom stereocenters. The van der Waals surface area contributed by atoms with Gasteiger partial charge in [-0.2, -0.15) is 0 Å². The molecule has 0 aliphatic heterocycles. The summed E-state index contributed by atoms with van der Waals surface area (Å²) in [6, 6.07) is 1.54. The van der Waals surface area contributed by atoms with Gasteiger partial charge in [0.1, 0.15) is 11.3 Å². The van der Waals surface area contributed by atoms with Crippen LogP contribution in [0, 0.1) is 0 Å². The Morgan fingerprint density at radius 3 is 2.78 bits per heavy atom. The second-order valence-electron chi connectivity index (χ2n) is 3.73. The highest BCUT2D eigenvalue weighted by molar-refractivity contribution is 5.90. The zero-order valence-electron chi connectivity index (χ0n) is 10.8. The predicted octanol–water partition coefficient (Wildman–Crippen LogP) is 1.06. The molecule has 1 aromatic heterocycles. The lowest BCUT2D eigenvalue weighted by Crippen LogP contribution is -2.27. The van der Waals surface area contributed by atoms with Gasteiger partial charge < -0.3 is 13.9 Å². The minimum Gasteiger partial charge on any atom is -0.467 e. The molecule has 0 unspecified atom stereocenters. The molecule has 0 aliphatic carbocycles. The zero-order chi connectivity index (χ0) is 13.5. The highest BCUT2D eigenvalue weighted by atomic mass is 16.5. The Hall–Kier alpha value is -1.82. The van der Waals surface area contributed by atoms with Crippen LogP contribution in [0.1, 0.15) is 23.0 Å². The molecular weight excluding hydrogens is 238 g/mol. The molecule has 0 spiro atoms. The van der Waals surface area contributed by atoms with Crippen LogP contribution >= 0.6 is 0 Å². The molecule has 18 heavy (non-hydrogen) atoms. The fourth-order valence-corrected chi connectivity index (χ4v) is 1.48. The molecule has 0 saturated carbocycles. The number of rotatable bonds is 6. The molecule has 0 saturated heterocycles. The van der Waals surface area contributed by atoms with Crippen molar-refractivity contribution in [1.29, 1.82) is 0 Å². The molecule has 0 aromatic carbocycles. The predicted molar refractivity (Wildman–Crippen MR) is 63.0 cm³/mol. The molecule has 0 amide bonds. The second-order valence-corrected chi connectivity index (χ2v) is 3.73. The van der Waals surface area contributed by atoms with Crippen LogP contribution in [-0.2, 0) is 20.8 Å². The molecule has 0 N–H and O–H groups in total. The summed E-state index contributed by atoms with van der Waals surface area (Å²) in [6.45, 7) is 2.56. The van der Waals surface area contributed by atoms with Crippen molar-refractivity contribution in [3.63, 3.8) is 0 Å². The Bertz CT molecular complexity index is 412. The molecule has 0 aliphatic rings. The number of carbonyl (C=O) groups excluding carboxylic acids is 2. The van der Waals surface area contributed by atoms with Gasteiger partial charge in [0.2, 0.25) is 0 Å². The van der Waals surface area contributed by atoms with Crippen LogP contribution in [0.25, 0.3) is 0 Å². The van der Waals surface area contributed by atoms with Crippen molar-refractivity contribution in [2.24, 2.45) is 0 Å². The molecule has 100 valence electrons. The first kappa shape index (κ1) is 14.2. The van der Waals surface area contributed by atoms with Crippen LogP contribution in [0.4, 0.5) is 0 Å². The molecule has 6 heteroatoms. The van der Waals surface area contributed by atoms with Gasteiger partial charge in [-0.1, -0.05) is 0 Å². The van der Waals surface area contributed by atoms with E-state index in [1.165, 1.54) is 13.4 Å². The molecule has 0 radical (unpaired) electrons. The average Bonchev–Trinajstić information content (AvgIpc) is 2.76. The topological polar surface area (TPSA) is 69.0 Å². The van der Waals surface area contributed by atoms with Crippen LogP contribution in [0.2, 0.25) is 0 Å². The normalized spacial score (nSPS) is 10.4. The van der Waals surface area contributed by atoms with E-state index in [0.717, 1.165) is 0 Å². The lowest BCUT2D eigenvalue weighted by atomic mass is 10.2. The summed E-state index contributed by atoms with van der Waals surface area (Å²) in [5, 5.41) is 0. The van der Waals surface area contributed by atoms with E-state index in [9.17, 15) is 9.59 Å². The Balaban J connectivity index is 2.59. The van der Waals surface area contributed by atoms with Gasteiger partial charge in [0.05, 0.1) is 33.1 Å². The maximum atomic E-state index is 11.4. The molecule has 1 heterocycles. The minimum absolute atomic E-state index is 0.134. The number of nitrogens with zero attached hydrogens (tertiary/aromatic N) is 1. The first-order chi connectivity index (χ1) is 8.58. The van der Waals surface area contributed by atoms with Crippen LogP contribution in [0.15, 0.2) is 16.7 Å². The largest absolute Gasteiger partial charge is 0.467 e. The zero-order valence-corrected chi connectivity index (χ0v) is 10.8. The van der Waals surface area contributed by atoms with Crippen LogP contribution in [-0.4, -0.2) is 44.1 Å². The number of carbonyl (C=O) groups is 2. The Morgan fingerprint density at radius 1 is 1.44 bits per heavy atom. The summed E-state index contributed by atoms with van der Waals surface area (Å²) >= 11 is 0. The highest BCUT2D eigenvalue weighted by Crippen LogP contribution is 2.13. The third kappa shape index (κ3) is 3.89. The summed E-state index contributed by atoms with van der Waals surface area (Å²) < 4.78 is 14.7. The third-order valence-corrected chi connectivity index (χ3v) is 2.27. The fourth-order valence-electron chi connectivity index (χ4n) is 1.48. The second kappa shape index (κ2) is 6.80. The van der Waals surface area contributed by atoms with E-state index < -0.39 is 5.97 Å².